The van der Waals surface area contributed by atoms with E-state index in [0.29, 0.717) is 11.7 Å². The van der Waals surface area contributed by atoms with E-state index in [2.05, 4.69) is 13.8 Å². The predicted octanol–water partition coefficient (Wildman–Crippen LogP) is 1.03. The lowest BCUT2D eigenvalue weighted by molar-refractivity contribution is 0.537. The minimum absolute atomic E-state index is 0.352. The van der Waals surface area contributed by atoms with Crippen molar-refractivity contribution in [3.05, 3.63) is 0 Å². The molecule has 0 aliphatic heterocycles. The van der Waals surface area contributed by atoms with Crippen molar-refractivity contribution in [1.29, 1.82) is 0 Å². The molecule has 0 heterocycles. The van der Waals surface area contributed by atoms with Gasteiger partial charge in [0.15, 0.2) is 0 Å². The zero-order chi connectivity index (χ0) is 7.28. The lowest BCUT2D eigenvalue weighted by Gasteiger charge is -2.02. The van der Waals surface area contributed by atoms with E-state index >= 15 is 0 Å². The topological polar surface area (TPSA) is 34.1 Å². The third-order valence-corrected chi connectivity index (χ3v) is 2.12. The molecule has 2 nitrogen and oxygen atoms in total. The zero-order valence-corrected chi connectivity index (χ0v) is 6.86. The summed E-state index contributed by atoms with van der Waals surface area (Å²) in [7, 11) is -2.14. The molecule has 9 heavy (non-hydrogen) atoms. The molecule has 0 spiro atoms. The van der Waals surface area contributed by atoms with E-state index in [4.69, 9.17) is 0 Å². The maximum Gasteiger partial charge on any atom is 0.140 e. The van der Waals surface area contributed by atoms with E-state index in [1.165, 1.54) is 0 Å². The summed E-state index contributed by atoms with van der Waals surface area (Å²) in [5.74, 6) is 0.905. The molecule has 0 aliphatic carbocycles. The second kappa shape index (κ2) is 4.79. The molecule has 0 fully saturated rings. The van der Waals surface area contributed by atoms with E-state index in [-0.39, 0.29) is 0 Å². The van der Waals surface area contributed by atoms with Gasteiger partial charge in [-0.1, -0.05) is 20.3 Å². The molecule has 0 saturated heterocycles. The first-order chi connectivity index (χ1) is 4.16. The van der Waals surface area contributed by atoms with Crippen LogP contribution in [0.1, 0.15) is 26.7 Å². The normalized spacial score (nSPS) is 14.1. The molecule has 0 aliphatic rings. The van der Waals surface area contributed by atoms with Crippen LogP contribution < -0.4 is 0 Å². The molecule has 56 valence electrons. The quantitative estimate of drug-likeness (QED) is 0.607. The second-order valence-corrected chi connectivity index (χ2v) is 3.47. The van der Waals surface area contributed by atoms with Gasteiger partial charge in [0.25, 0.3) is 0 Å². The third-order valence-electron chi connectivity index (χ3n) is 1.50. The van der Waals surface area contributed by atoms with Crippen molar-refractivity contribution < 1.29 is 8.42 Å². The SMILES string of the molecule is CCC(C)CC[SH](=O)=O. The van der Waals surface area contributed by atoms with Crippen molar-refractivity contribution in [3.8, 4) is 0 Å². The summed E-state index contributed by atoms with van der Waals surface area (Å²) in [4.78, 5) is 0. The maximum atomic E-state index is 10.1. The summed E-state index contributed by atoms with van der Waals surface area (Å²) in [6.07, 6.45) is 1.89. The van der Waals surface area contributed by atoms with Gasteiger partial charge < -0.3 is 0 Å². The van der Waals surface area contributed by atoms with Crippen molar-refractivity contribution in [2.45, 2.75) is 26.7 Å². The summed E-state index contributed by atoms with van der Waals surface area (Å²) in [6.45, 7) is 4.14. The molecule has 0 bridgehead atoms. The molecule has 0 aromatic rings. The Labute approximate surface area is 58.2 Å². The number of thiol groups is 1. The molecule has 0 N–H and O–H groups in total. The van der Waals surface area contributed by atoms with E-state index in [9.17, 15) is 8.42 Å². The lowest BCUT2D eigenvalue weighted by atomic mass is 10.1. The lowest BCUT2D eigenvalue weighted by Crippen LogP contribution is -1.97. The fourth-order valence-electron chi connectivity index (χ4n) is 0.530. The standard InChI is InChI=1S/C6H14O2S/c1-3-6(2)4-5-9(7)8/h6,9H,3-5H2,1-2H3. The van der Waals surface area contributed by atoms with Gasteiger partial charge in [0.2, 0.25) is 0 Å². The summed E-state index contributed by atoms with van der Waals surface area (Å²) in [5.41, 5.74) is 0. The highest BCUT2D eigenvalue weighted by Crippen LogP contribution is 2.04. The van der Waals surface area contributed by atoms with Crippen molar-refractivity contribution in [3.63, 3.8) is 0 Å². The molecular weight excluding hydrogens is 136 g/mol. The van der Waals surface area contributed by atoms with Crippen molar-refractivity contribution in [1.82, 2.24) is 0 Å². The van der Waals surface area contributed by atoms with Gasteiger partial charge in [0.1, 0.15) is 10.7 Å². The van der Waals surface area contributed by atoms with Crippen LogP contribution >= 0.6 is 0 Å². The second-order valence-electron chi connectivity index (χ2n) is 2.36. The van der Waals surface area contributed by atoms with Gasteiger partial charge in [-0.3, -0.25) is 0 Å². The Bertz CT molecular complexity index is 121. The van der Waals surface area contributed by atoms with Gasteiger partial charge in [-0.15, -0.1) is 0 Å². The summed E-state index contributed by atoms with van der Waals surface area (Å²) >= 11 is 0. The van der Waals surface area contributed by atoms with Gasteiger partial charge in [0, 0.05) is 5.75 Å². The largest absolute Gasteiger partial charge is 0.232 e. The van der Waals surface area contributed by atoms with E-state index < -0.39 is 10.7 Å². The van der Waals surface area contributed by atoms with Crippen LogP contribution in [-0.4, -0.2) is 14.2 Å². The fourth-order valence-corrected chi connectivity index (χ4v) is 1.18. The van der Waals surface area contributed by atoms with Crippen LogP contribution in [0, 0.1) is 5.92 Å². The molecule has 0 saturated carbocycles. The van der Waals surface area contributed by atoms with E-state index in [1.54, 1.807) is 0 Å². The molecule has 0 aromatic carbocycles. The Morgan fingerprint density at radius 3 is 2.33 bits per heavy atom. The third kappa shape index (κ3) is 5.83. The molecule has 0 radical (unpaired) electrons. The molecule has 1 unspecified atom stereocenters. The van der Waals surface area contributed by atoms with Gasteiger partial charge in [-0.25, -0.2) is 8.42 Å². The minimum Gasteiger partial charge on any atom is -0.232 e. The van der Waals surface area contributed by atoms with Crippen LogP contribution in [-0.2, 0) is 10.7 Å². The Morgan fingerprint density at radius 1 is 1.44 bits per heavy atom. The van der Waals surface area contributed by atoms with Crippen LogP contribution in [0.15, 0.2) is 0 Å². The number of rotatable bonds is 4. The van der Waals surface area contributed by atoms with Crippen LogP contribution in [0.2, 0.25) is 0 Å². The first kappa shape index (κ1) is 8.95. The number of hydrogen-bond donors (Lipinski definition) is 1. The van der Waals surface area contributed by atoms with Crippen LogP contribution in [0.3, 0.4) is 0 Å². The highest BCUT2D eigenvalue weighted by atomic mass is 32.2. The molecule has 1 atom stereocenters. The first-order valence-corrected chi connectivity index (χ1v) is 4.65. The molecule has 0 aromatic heterocycles. The van der Waals surface area contributed by atoms with Gasteiger partial charge in [-0.05, 0) is 12.3 Å². The predicted molar refractivity (Wildman–Crippen MR) is 39.3 cm³/mol. The Hall–Kier alpha value is -0.0500. The maximum absolute atomic E-state index is 10.1. The van der Waals surface area contributed by atoms with Crippen LogP contribution in [0.25, 0.3) is 0 Å². The smallest absolute Gasteiger partial charge is 0.140 e. The first-order valence-electron chi connectivity index (χ1n) is 3.28. The summed E-state index contributed by atoms with van der Waals surface area (Å²) < 4.78 is 20.1. The Balaban J connectivity index is 3.27. The van der Waals surface area contributed by atoms with Crippen LogP contribution in [0.4, 0.5) is 0 Å². The number of hydrogen-bond acceptors (Lipinski definition) is 2. The van der Waals surface area contributed by atoms with Gasteiger partial charge >= 0.3 is 0 Å². The molecule has 3 heteroatoms. The van der Waals surface area contributed by atoms with Gasteiger partial charge in [-0.2, -0.15) is 0 Å². The summed E-state index contributed by atoms with van der Waals surface area (Å²) in [5, 5.41) is 0. The van der Waals surface area contributed by atoms with Gasteiger partial charge in [0.05, 0.1) is 0 Å². The Morgan fingerprint density at radius 2 is 2.00 bits per heavy atom. The van der Waals surface area contributed by atoms with Crippen molar-refractivity contribution in [2.24, 2.45) is 5.92 Å². The highest BCUT2D eigenvalue weighted by Gasteiger charge is 1.97. The van der Waals surface area contributed by atoms with Crippen molar-refractivity contribution >= 4 is 10.7 Å². The van der Waals surface area contributed by atoms with Crippen molar-refractivity contribution in [2.75, 3.05) is 5.75 Å². The van der Waals surface area contributed by atoms with Crippen LogP contribution in [0.5, 0.6) is 0 Å². The Kier molecular flexibility index (Phi) is 4.77. The highest BCUT2D eigenvalue weighted by molar-refractivity contribution is 7.72. The molecule has 0 amide bonds. The monoisotopic (exact) mass is 150 g/mol. The minimum atomic E-state index is -2.14. The van der Waals surface area contributed by atoms with E-state index in [1.807, 2.05) is 0 Å². The average Bonchev–Trinajstić information content (AvgIpc) is 1.83. The summed E-state index contributed by atoms with van der Waals surface area (Å²) in [6, 6.07) is 0. The molecular formula is C6H14O2S. The zero-order valence-electron chi connectivity index (χ0n) is 5.96. The molecule has 0 rings (SSSR count). The van der Waals surface area contributed by atoms with E-state index in [0.717, 1.165) is 12.8 Å². The average molecular weight is 150 g/mol. The fraction of sp³-hybridized carbons (Fsp3) is 1.00.